The lowest BCUT2D eigenvalue weighted by molar-refractivity contribution is 0.174. The van der Waals surface area contributed by atoms with Gasteiger partial charge in [0.05, 0.1) is 31.7 Å². The third-order valence-electron chi connectivity index (χ3n) is 8.77. The molecule has 0 radical (unpaired) electrons. The minimum atomic E-state index is 0.203. The molecular weight excluding hydrogens is 572 g/mol. The van der Waals surface area contributed by atoms with Gasteiger partial charge in [-0.25, -0.2) is 4.98 Å². The van der Waals surface area contributed by atoms with Crippen molar-refractivity contribution in [1.29, 1.82) is 0 Å². The lowest BCUT2D eigenvalue weighted by atomic mass is 9.99. The van der Waals surface area contributed by atoms with Crippen LogP contribution < -0.4 is 28.4 Å². The van der Waals surface area contributed by atoms with Gasteiger partial charge in [-0.1, -0.05) is 0 Å². The van der Waals surface area contributed by atoms with Gasteiger partial charge in [0.2, 0.25) is 12.7 Å². The summed E-state index contributed by atoms with van der Waals surface area (Å²) in [7, 11) is 9.70. The number of benzene rings is 3. The van der Waals surface area contributed by atoms with Gasteiger partial charge in [0, 0.05) is 35.8 Å². The highest BCUT2D eigenvalue weighted by molar-refractivity contribution is 6.20. The summed E-state index contributed by atoms with van der Waals surface area (Å²) in [5.41, 5.74) is 0.792. The average molecular weight is 619 g/mol. The first kappa shape index (κ1) is 31.3. The van der Waals surface area contributed by atoms with Crippen LogP contribution in [0.25, 0.3) is 32.4 Å². The van der Waals surface area contributed by atoms with Crippen LogP contribution >= 0.6 is 0 Å². The zero-order chi connectivity index (χ0) is 31.3. The minimum absolute atomic E-state index is 0.203. The molecule has 1 saturated heterocycles. The van der Waals surface area contributed by atoms with E-state index in [4.69, 9.17) is 33.4 Å². The fraction of sp³-hybridized carbons (Fsp3) is 0.514. The molecule has 2 aliphatic heterocycles. The molecular formula is C35H46N4O6. The number of fused-ring (bicyclic) bond motifs is 6. The Bertz CT molecular complexity index is 1640. The van der Waals surface area contributed by atoms with Crippen LogP contribution in [0.3, 0.4) is 0 Å². The Hall–Kier alpha value is -3.73. The van der Waals surface area contributed by atoms with E-state index < -0.39 is 0 Å². The summed E-state index contributed by atoms with van der Waals surface area (Å²) in [6.45, 7) is 7.56. The molecule has 0 N–H and O–H groups in total. The highest BCUT2D eigenvalue weighted by Gasteiger charge is 2.23. The number of hydrogen-bond donors (Lipinski definition) is 0. The maximum absolute atomic E-state index is 6.60. The van der Waals surface area contributed by atoms with E-state index in [9.17, 15) is 0 Å². The van der Waals surface area contributed by atoms with Gasteiger partial charge in [-0.3, -0.25) is 4.90 Å². The molecule has 1 fully saturated rings. The standard InChI is InChI=1S/C35H46N4O6/c1-37(2)13-14-38(3)10-8-9-16-42-32-19-24-18-30-31(45-23-44-30)20-25(24)34-33(32)26-21-28(40-4)29(41-5)22-27(26)35(36-34)43-17-15-39-11-6-7-12-39/h18-22H,6-17,23H2,1-5H3. The highest BCUT2D eigenvalue weighted by atomic mass is 16.7. The van der Waals surface area contributed by atoms with Crippen molar-refractivity contribution in [3.63, 3.8) is 0 Å². The summed E-state index contributed by atoms with van der Waals surface area (Å²) in [6.07, 6.45) is 4.47. The van der Waals surface area contributed by atoms with Gasteiger partial charge in [0.15, 0.2) is 23.0 Å². The van der Waals surface area contributed by atoms with Gasteiger partial charge in [-0.15, -0.1) is 0 Å². The molecule has 10 nitrogen and oxygen atoms in total. The number of hydrogen-bond acceptors (Lipinski definition) is 10. The zero-order valence-electron chi connectivity index (χ0n) is 27.3. The van der Waals surface area contributed by atoms with Crippen LogP contribution in [0, 0.1) is 0 Å². The molecule has 0 saturated carbocycles. The Balaban J connectivity index is 1.39. The number of pyridine rings is 1. The van der Waals surface area contributed by atoms with E-state index in [0.717, 1.165) is 96.1 Å². The van der Waals surface area contributed by atoms with E-state index in [0.29, 0.717) is 36.3 Å². The monoisotopic (exact) mass is 618 g/mol. The molecule has 0 spiro atoms. The zero-order valence-corrected chi connectivity index (χ0v) is 27.3. The van der Waals surface area contributed by atoms with Gasteiger partial charge >= 0.3 is 0 Å². The minimum Gasteiger partial charge on any atom is -0.493 e. The summed E-state index contributed by atoms with van der Waals surface area (Å²) >= 11 is 0. The third-order valence-corrected chi connectivity index (χ3v) is 8.77. The fourth-order valence-electron chi connectivity index (χ4n) is 6.20. The van der Waals surface area contributed by atoms with Crippen LogP contribution in [-0.4, -0.2) is 114 Å². The predicted molar refractivity (Wildman–Crippen MR) is 178 cm³/mol. The van der Waals surface area contributed by atoms with E-state index in [2.05, 4.69) is 41.9 Å². The summed E-state index contributed by atoms with van der Waals surface area (Å²) in [5, 5.41) is 4.62. The van der Waals surface area contributed by atoms with Crippen LogP contribution in [0.1, 0.15) is 25.7 Å². The van der Waals surface area contributed by atoms with Crippen LogP contribution in [0.4, 0.5) is 0 Å². The first-order valence-electron chi connectivity index (χ1n) is 16.0. The van der Waals surface area contributed by atoms with E-state index in [1.807, 2.05) is 24.3 Å². The second-order valence-corrected chi connectivity index (χ2v) is 12.3. The normalized spacial score (nSPS) is 14.8. The number of methoxy groups -OCH3 is 2. The van der Waals surface area contributed by atoms with Crippen molar-refractivity contribution in [3.05, 3.63) is 30.3 Å². The summed E-state index contributed by atoms with van der Waals surface area (Å²) in [5.74, 6) is 4.03. The lowest BCUT2D eigenvalue weighted by Gasteiger charge is -2.20. The molecule has 0 aliphatic carbocycles. The number of likely N-dealkylation sites (N-methyl/N-ethyl adjacent to an activating group) is 2. The Kier molecular flexibility index (Phi) is 9.82. The van der Waals surface area contributed by atoms with Crippen molar-refractivity contribution in [2.24, 2.45) is 0 Å². The molecule has 3 heterocycles. The molecule has 45 heavy (non-hydrogen) atoms. The Labute approximate surface area is 265 Å². The second kappa shape index (κ2) is 14.1. The van der Waals surface area contributed by atoms with E-state index in [-0.39, 0.29) is 6.79 Å². The number of rotatable bonds is 15. The van der Waals surface area contributed by atoms with Crippen LogP contribution in [0.5, 0.6) is 34.6 Å². The van der Waals surface area contributed by atoms with Crippen LogP contribution in [0.15, 0.2) is 30.3 Å². The number of likely N-dealkylation sites (tertiary alicyclic amines) is 1. The summed E-state index contributed by atoms with van der Waals surface area (Å²) in [6, 6.07) is 10.1. The fourth-order valence-corrected chi connectivity index (χ4v) is 6.20. The van der Waals surface area contributed by atoms with Crippen molar-refractivity contribution >= 4 is 32.4 Å². The van der Waals surface area contributed by atoms with Crippen molar-refractivity contribution < 1.29 is 28.4 Å². The van der Waals surface area contributed by atoms with Gasteiger partial charge in [0.1, 0.15) is 12.4 Å². The quantitative estimate of drug-likeness (QED) is 0.127. The highest BCUT2D eigenvalue weighted by Crippen LogP contribution is 2.46. The SMILES string of the molecule is COc1cc2c(OCCN3CCCC3)nc3c4cc5c(cc4cc(OCCCCN(C)CCN(C)C)c3c2cc1OC)OCO5. The van der Waals surface area contributed by atoms with E-state index >= 15 is 0 Å². The molecule has 2 aliphatic rings. The maximum atomic E-state index is 6.60. The number of nitrogens with zero attached hydrogens (tertiary/aromatic N) is 4. The molecule has 3 aromatic carbocycles. The van der Waals surface area contributed by atoms with Crippen molar-refractivity contribution in [1.82, 2.24) is 19.7 Å². The average Bonchev–Trinajstić information content (AvgIpc) is 3.74. The van der Waals surface area contributed by atoms with Crippen LogP contribution in [-0.2, 0) is 0 Å². The Morgan fingerprint density at radius 1 is 0.756 bits per heavy atom. The molecule has 6 rings (SSSR count). The number of unbranched alkanes of at least 4 members (excludes halogenated alkanes) is 1. The predicted octanol–water partition coefficient (Wildman–Crippen LogP) is 5.41. The third kappa shape index (κ3) is 6.93. The van der Waals surface area contributed by atoms with E-state index in [1.54, 1.807) is 14.2 Å². The maximum Gasteiger partial charge on any atom is 0.231 e. The summed E-state index contributed by atoms with van der Waals surface area (Å²) < 4.78 is 36.0. The molecule has 4 aromatic rings. The molecule has 1 aromatic heterocycles. The summed E-state index contributed by atoms with van der Waals surface area (Å²) in [4.78, 5) is 12.2. The number of aromatic nitrogens is 1. The van der Waals surface area contributed by atoms with Crippen molar-refractivity contribution in [3.8, 4) is 34.6 Å². The van der Waals surface area contributed by atoms with Gasteiger partial charge in [0.25, 0.3) is 0 Å². The van der Waals surface area contributed by atoms with Gasteiger partial charge < -0.3 is 38.2 Å². The molecule has 10 heteroatoms. The molecule has 0 unspecified atom stereocenters. The smallest absolute Gasteiger partial charge is 0.231 e. The van der Waals surface area contributed by atoms with Gasteiger partial charge in [-0.2, -0.15) is 0 Å². The molecule has 242 valence electrons. The largest absolute Gasteiger partial charge is 0.493 e. The van der Waals surface area contributed by atoms with Crippen molar-refractivity contribution in [2.45, 2.75) is 25.7 Å². The first-order chi connectivity index (χ1) is 21.9. The Morgan fingerprint density at radius 2 is 1.49 bits per heavy atom. The van der Waals surface area contributed by atoms with E-state index in [1.165, 1.54) is 12.8 Å². The second-order valence-electron chi connectivity index (χ2n) is 12.3. The molecule has 0 bridgehead atoms. The topological polar surface area (TPSA) is 78.0 Å². The number of ether oxygens (including phenoxy) is 6. The van der Waals surface area contributed by atoms with Gasteiger partial charge in [-0.05, 0) is 102 Å². The van der Waals surface area contributed by atoms with Crippen molar-refractivity contribution in [2.75, 3.05) is 94.6 Å². The molecule has 0 amide bonds. The first-order valence-corrected chi connectivity index (χ1v) is 16.0. The lowest BCUT2D eigenvalue weighted by Crippen LogP contribution is -2.29. The van der Waals surface area contributed by atoms with Crippen LogP contribution in [0.2, 0.25) is 0 Å². The molecule has 0 atom stereocenters. The Morgan fingerprint density at radius 3 is 2.22 bits per heavy atom.